The molecule has 0 saturated carbocycles. The highest BCUT2D eigenvalue weighted by Crippen LogP contribution is 2.21. The molecule has 1 unspecified atom stereocenters. The average molecular weight is 290 g/mol. The molecule has 102 valence electrons. The van der Waals surface area contributed by atoms with E-state index in [4.69, 9.17) is 11.6 Å². The Hall–Kier alpha value is -0.250. The highest BCUT2D eigenvalue weighted by molar-refractivity contribution is 7.98. The van der Waals surface area contributed by atoms with E-state index in [1.54, 1.807) is 6.07 Å². The SMILES string of the molecule is CCCNC(CCSC)Cc1cccc(F)c1Cl. The molecule has 1 atom stereocenters. The van der Waals surface area contributed by atoms with Crippen LogP contribution in [0.15, 0.2) is 18.2 Å². The zero-order valence-electron chi connectivity index (χ0n) is 11.0. The first-order valence-electron chi connectivity index (χ1n) is 6.34. The molecule has 0 aliphatic carbocycles. The van der Waals surface area contributed by atoms with Gasteiger partial charge in [-0.25, -0.2) is 4.39 Å². The monoisotopic (exact) mass is 289 g/mol. The van der Waals surface area contributed by atoms with Crippen LogP contribution in [0.3, 0.4) is 0 Å². The number of rotatable bonds is 8. The zero-order chi connectivity index (χ0) is 13.4. The molecular formula is C14H21ClFNS. The second-order valence-electron chi connectivity index (χ2n) is 4.35. The summed E-state index contributed by atoms with van der Waals surface area (Å²) in [5.74, 6) is 0.780. The number of halogens is 2. The highest BCUT2D eigenvalue weighted by Gasteiger charge is 2.12. The first-order chi connectivity index (χ1) is 8.69. The molecule has 18 heavy (non-hydrogen) atoms. The number of nitrogens with one attached hydrogen (secondary N) is 1. The molecule has 1 nitrogen and oxygen atoms in total. The van der Waals surface area contributed by atoms with Gasteiger partial charge < -0.3 is 5.32 Å². The summed E-state index contributed by atoms with van der Waals surface area (Å²) in [5.41, 5.74) is 0.895. The molecule has 0 aromatic heterocycles. The van der Waals surface area contributed by atoms with Gasteiger partial charge in [0.05, 0.1) is 5.02 Å². The predicted octanol–water partition coefficient (Wildman–Crippen LogP) is 4.14. The molecule has 0 radical (unpaired) electrons. The summed E-state index contributed by atoms with van der Waals surface area (Å²) in [5, 5.41) is 3.77. The van der Waals surface area contributed by atoms with E-state index in [0.29, 0.717) is 6.04 Å². The van der Waals surface area contributed by atoms with E-state index in [2.05, 4.69) is 18.5 Å². The minimum absolute atomic E-state index is 0.268. The van der Waals surface area contributed by atoms with Crippen LogP contribution in [0.25, 0.3) is 0 Å². The fraction of sp³-hybridized carbons (Fsp3) is 0.571. The van der Waals surface area contributed by atoms with Gasteiger partial charge in [0.2, 0.25) is 0 Å². The summed E-state index contributed by atoms with van der Waals surface area (Å²) >= 11 is 7.83. The maximum Gasteiger partial charge on any atom is 0.142 e. The second kappa shape index (κ2) is 8.78. The van der Waals surface area contributed by atoms with Crippen molar-refractivity contribution in [1.82, 2.24) is 5.32 Å². The molecule has 0 saturated heterocycles. The Morgan fingerprint density at radius 1 is 1.44 bits per heavy atom. The van der Waals surface area contributed by atoms with E-state index in [1.165, 1.54) is 6.07 Å². The second-order valence-corrected chi connectivity index (χ2v) is 5.71. The molecule has 0 fully saturated rings. The summed E-state index contributed by atoms with van der Waals surface area (Å²) in [7, 11) is 0. The van der Waals surface area contributed by atoms with E-state index in [-0.39, 0.29) is 10.8 Å². The average Bonchev–Trinajstić information content (AvgIpc) is 2.38. The minimum atomic E-state index is -0.326. The van der Waals surface area contributed by atoms with Gasteiger partial charge in [-0.1, -0.05) is 30.7 Å². The van der Waals surface area contributed by atoms with E-state index < -0.39 is 0 Å². The van der Waals surface area contributed by atoms with Gasteiger partial charge in [0.15, 0.2) is 0 Å². The Bertz CT molecular complexity index is 352. The lowest BCUT2D eigenvalue weighted by molar-refractivity contribution is 0.496. The molecule has 1 N–H and O–H groups in total. The van der Waals surface area contributed by atoms with Crippen molar-refractivity contribution in [2.24, 2.45) is 0 Å². The molecule has 0 aliphatic rings. The predicted molar refractivity (Wildman–Crippen MR) is 80.2 cm³/mol. The van der Waals surface area contributed by atoms with Crippen LogP contribution in [0, 0.1) is 5.82 Å². The van der Waals surface area contributed by atoms with Gasteiger partial charge in [-0.2, -0.15) is 11.8 Å². The van der Waals surface area contributed by atoms with Crippen molar-refractivity contribution in [3.8, 4) is 0 Å². The van der Waals surface area contributed by atoms with Gasteiger partial charge in [-0.05, 0) is 49.4 Å². The topological polar surface area (TPSA) is 12.0 Å². The standard InChI is InChI=1S/C14H21ClFNS/c1-3-8-17-12(7-9-18-2)10-11-5-4-6-13(16)14(11)15/h4-6,12,17H,3,7-10H2,1-2H3. The van der Waals surface area contributed by atoms with Crippen LogP contribution >= 0.6 is 23.4 Å². The van der Waals surface area contributed by atoms with E-state index in [1.807, 2.05) is 17.8 Å². The van der Waals surface area contributed by atoms with Gasteiger partial charge in [0, 0.05) is 6.04 Å². The van der Waals surface area contributed by atoms with Crippen molar-refractivity contribution in [3.63, 3.8) is 0 Å². The summed E-state index contributed by atoms with van der Waals surface area (Å²) in [6, 6.07) is 5.41. The van der Waals surface area contributed by atoms with Gasteiger partial charge in [-0.3, -0.25) is 0 Å². The summed E-state index contributed by atoms with van der Waals surface area (Å²) in [6.45, 7) is 3.14. The Labute approximate surface area is 118 Å². The van der Waals surface area contributed by atoms with Crippen LogP contribution < -0.4 is 5.32 Å². The number of hydrogen-bond acceptors (Lipinski definition) is 2. The molecule has 0 bridgehead atoms. The first kappa shape index (κ1) is 15.8. The molecule has 1 aromatic rings. The van der Waals surface area contributed by atoms with Crippen LogP contribution in [-0.2, 0) is 6.42 Å². The van der Waals surface area contributed by atoms with Crippen molar-refractivity contribution in [3.05, 3.63) is 34.6 Å². The Morgan fingerprint density at radius 2 is 2.22 bits per heavy atom. The molecule has 1 rings (SSSR count). The third kappa shape index (κ3) is 5.17. The minimum Gasteiger partial charge on any atom is -0.314 e. The lowest BCUT2D eigenvalue weighted by Gasteiger charge is -2.19. The number of thioether (sulfide) groups is 1. The number of hydrogen-bond donors (Lipinski definition) is 1. The van der Waals surface area contributed by atoms with Crippen molar-refractivity contribution < 1.29 is 4.39 Å². The maximum absolute atomic E-state index is 13.4. The third-order valence-corrected chi connectivity index (χ3v) is 3.92. The lowest BCUT2D eigenvalue weighted by atomic mass is 10.0. The quantitative estimate of drug-likeness (QED) is 0.772. The molecule has 0 aliphatic heterocycles. The van der Waals surface area contributed by atoms with Crippen molar-refractivity contribution >= 4 is 23.4 Å². The van der Waals surface area contributed by atoms with Crippen LogP contribution in [0.1, 0.15) is 25.3 Å². The van der Waals surface area contributed by atoms with E-state index >= 15 is 0 Å². The summed E-state index contributed by atoms with van der Waals surface area (Å²) < 4.78 is 13.4. The Morgan fingerprint density at radius 3 is 2.89 bits per heavy atom. The normalized spacial score (nSPS) is 12.7. The van der Waals surface area contributed by atoms with Gasteiger partial charge in [0.1, 0.15) is 5.82 Å². The largest absolute Gasteiger partial charge is 0.314 e. The van der Waals surface area contributed by atoms with Crippen molar-refractivity contribution in [2.75, 3.05) is 18.6 Å². The Kier molecular flexibility index (Phi) is 7.71. The number of benzene rings is 1. The zero-order valence-corrected chi connectivity index (χ0v) is 12.6. The molecule has 1 aromatic carbocycles. The highest BCUT2D eigenvalue weighted by atomic mass is 35.5. The van der Waals surface area contributed by atoms with E-state index in [0.717, 1.165) is 37.1 Å². The van der Waals surface area contributed by atoms with Gasteiger partial charge >= 0.3 is 0 Å². The van der Waals surface area contributed by atoms with Crippen LogP contribution in [0.2, 0.25) is 5.02 Å². The van der Waals surface area contributed by atoms with Crippen LogP contribution in [-0.4, -0.2) is 24.6 Å². The lowest BCUT2D eigenvalue weighted by Crippen LogP contribution is -2.32. The van der Waals surface area contributed by atoms with E-state index in [9.17, 15) is 4.39 Å². The summed E-state index contributed by atoms with van der Waals surface area (Å²) in [4.78, 5) is 0. The van der Waals surface area contributed by atoms with Gasteiger partial charge in [0.25, 0.3) is 0 Å². The molecule has 0 spiro atoms. The third-order valence-electron chi connectivity index (χ3n) is 2.85. The first-order valence-corrected chi connectivity index (χ1v) is 8.11. The molecular weight excluding hydrogens is 269 g/mol. The molecule has 0 amide bonds. The van der Waals surface area contributed by atoms with Crippen LogP contribution in [0.4, 0.5) is 4.39 Å². The Balaban J connectivity index is 2.65. The summed E-state index contributed by atoms with van der Waals surface area (Å²) in [6.07, 6.45) is 5.07. The van der Waals surface area contributed by atoms with Gasteiger partial charge in [-0.15, -0.1) is 0 Å². The molecule has 0 heterocycles. The fourth-order valence-corrected chi connectivity index (χ4v) is 2.58. The molecule has 4 heteroatoms. The van der Waals surface area contributed by atoms with Crippen LogP contribution in [0.5, 0.6) is 0 Å². The smallest absolute Gasteiger partial charge is 0.142 e. The van der Waals surface area contributed by atoms with Crippen molar-refractivity contribution in [1.29, 1.82) is 0 Å². The van der Waals surface area contributed by atoms with Crippen molar-refractivity contribution in [2.45, 2.75) is 32.2 Å². The fourth-order valence-electron chi connectivity index (χ4n) is 1.86. The maximum atomic E-state index is 13.4.